The summed E-state index contributed by atoms with van der Waals surface area (Å²) in [5, 5.41) is 11.0. The lowest BCUT2D eigenvalue weighted by atomic mass is 10.0. The molecule has 5 rings (SSSR count). The van der Waals surface area contributed by atoms with Crippen LogP contribution in [0, 0.1) is 0 Å². The molecule has 1 aromatic heterocycles. The van der Waals surface area contributed by atoms with Crippen LogP contribution in [0.2, 0.25) is 5.02 Å². The van der Waals surface area contributed by atoms with Crippen LogP contribution in [-0.4, -0.2) is 50.3 Å². The molecule has 4 aromatic rings. The van der Waals surface area contributed by atoms with Gasteiger partial charge in [0.15, 0.2) is 0 Å². The number of nitrogens with one attached hydrogen (secondary N) is 3. The number of likely N-dealkylation sites (tertiary alicyclic amines) is 1. The molecule has 3 amide bonds. The van der Waals surface area contributed by atoms with Crippen molar-refractivity contribution < 1.29 is 23.1 Å². The molecule has 2 atom stereocenters. The number of hydrogen-bond acceptors (Lipinski definition) is 8. The van der Waals surface area contributed by atoms with E-state index in [0.29, 0.717) is 58.8 Å². The van der Waals surface area contributed by atoms with Gasteiger partial charge in [-0.1, -0.05) is 17.7 Å². The quantitative estimate of drug-likeness (QED) is 0.173. The molecular weight excluding hydrogens is 604 g/mol. The lowest BCUT2D eigenvalue weighted by Gasteiger charge is -2.22. The SMILES string of the molecule is CCOc1cc(C(Nc2ccc3c(N)nccc3c2)C(=O)NCc2cc(NC(=O)N3CCCC3)ccc2S(=O)[O-])ccc1Cl. The van der Waals surface area contributed by atoms with Gasteiger partial charge in [-0.25, -0.2) is 9.78 Å². The molecule has 0 bridgehead atoms. The van der Waals surface area contributed by atoms with E-state index in [1.165, 1.54) is 12.1 Å². The molecule has 13 heteroatoms. The normalized spacial score (nSPS) is 14.2. The maximum Gasteiger partial charge on any atom is 0.321 e. The van der Waals surface area contributed by atoms with Crippen LogP contribution in [-0.2, 0) is 22.4 Å². The number of benzene rings is 3. The topological polar surface area (TPSA) is 162 Å². The number of anilines is 3. The van der Waals surface area contributed by atoms with E-state index in [0.717, 1.165) is 23.6 Å². The highest BCUT2D eigenvalue weighted by Crippen LogP contribution is 2.31. The van der Waals surface area contributed by atoms with E-state index in [-0.39, 0.29) is 17.5 Å². The van der Waals surface area contributed by atoms with Crippen LogP contribution in [0.5, 0.6) is 5.75 Å². The second kappa shape index (κ2) is 13.9. The summed E-state index contributed by atoms with van der Waals surface area (Å²) in [6, 6.07) is 15.7. The summed E-state index contributed by atoms with van der Waals surface area (Å²) in [5.41, 5.74) is 7.98. The van der Waals surface area contributed by atoms with Gasteiger partial charge >= 0.3 is 6.03 Å². The minimum atomic E-state index is -2.57. The zero-order valence-corrected chi connectivity index (χ0v) is 25.5. The van der Waals surface area contributed by atoms with Gasteiger partial charge in [0.2, 0.25) is 5.91 Å². The monoisotopic (exact) mass is 635 g/mol. The summed E-state index contributed by atoms with van der Waals surface area (Å²) in [6.45, 7) is 3.44. The molecule has 1 aliphatic heterocycles. The largest absolute Gasteiger partial charge is 0.768 e. The van der Waals surface area contributed by atoms with Gasteiger partial charge in [-0.3, -0.25) is 9.00 Å². The Kier molecular flexibility index (Phi) is 9.83. The van der Waals surface area contributed by atoms with Gasteiger partial charge in [0.25, 0.3) is 0 Å². The van der Waals surface area contributed by atoms with Gasteiger partial charge in [-0.2, -0.15) is 0 Å². The van der Waals surface area contributed by atoms with Crippen molar-refractivity contribution in [3.63, 3.8) is 0 Å². The van der Waals surface area contributed by atoms with Crippen molar-refractivity contribution in [1.82, 2.24) is 15.2 Å². The first-order valence-corrected chi connectivity index (χ1v) is 15.6. The summed E-state index contributed by atoms with van der Waals surface area (Å²) < 4.78 is 29.7. The van der Waals surface area contributed by atoms with Crippen molar-refractivity contribution in [2.45, 2.75) is 37.2 Å². The first-order valence-electron chi connectivity index (χ1n) is 14.1. The average Bonchev–Trinajstić information content (AvgIpc) is 3.56. The summed E-state index contributed by atoms with van der Waals surface area (Å²) in [5.74, 6) is 0.389. The first kappa shape index (κ1) is 31.0. The highest BCUT2D eigenvalue weighted by atomic mass is 35.5. The number of pyridine rings is 1. The Labute approximate surface area is 262 Å². The molecule has 230 valence electrons. The number of fused-ring (bicyclic) bond motifs is 1. The van der Waals surface area contributed by atoms with Crippen molar-refractivity contribution in [2.24, 2.45) is 0 Å². The van der Waals surface area contributed by atoms with Crippen LogP contribution in [0.4, 0.5) is 22.0 Å². The van der Waals surface area contributed by atoms with Crippen molar-refractivity contribution in [3.8, 4) is 5.75 Å². The molecule has 0 spiro atoms. The number of nitrogens with two attached hydrogens (primary N) is 1. The molecule has 1 fully saturated rings. The molecule has 0 saturated carbocycles. The number of urea groups is 1. The zero-order chi connectivity index (χ0) is 31.2. The summed E-state index contributed by atoms with van der Waals surface area (Å²) >= 11 is 3.76. The average molecular weight is 636 g/mol. The van der Waals surface area contributed by atoms with E-state index in [9.17, 15) is 18.4 Å². The molecule has 2 unspecified atom stereocenters. The van der Waals surface area contributed by atoms with Crippen molar-refractivity contribution >= 4 is 62.6 Å². The number of nitrogens with zero attached hydrogens (tertiary/aromatic N) is 2. The summed E-state index contributed by atoms with van der Waals surface area (Å²) in [4.78, 5) is 32.3. The highest BCUT2D eigenvalue weighted by molar-refractivity contribution is 7.79. The van der Waals surface area contributed by atoms with Gasteiger partial charge < -0.3 is 35.9 Å². The van der Waals surface area contributed by atoms with E-state index < -0.39 is 23.0 Å². The van der Waals surface area contributed by atoms with E-state index in [1.807, 2.05) is 25.1 Å². The Morgan fingerprint density at radius 3 is 2.61 bits per heavy atom. The second-order valence-electron chi connectivity index (χ2n) is 10.2. The van der Waals surface area contributed by atoms with Crippen molar-refractivity contribution in [1.29, 1.82) is 0 Å². The molecule has 44 heavy (non-hydrogen) atoms. The third-order valence-electron chi connectivity index (χ3n) is 7.29. The fourth-order valence-electron chi connectivity index (χ4n) is 5.09. The number of nitrogen functional groups attached to an aromatic ring is 1. The van der Waals surface area contributed by atoms with Crippen LogP contribution < -0.4 is 26.4 Å². The zero-order valence-electron chi connectivity index (χ0n) is 24.0. The third-order valence-corrected chi connectivity index (χ3v) is 8.36. The molecule has 11 nitrogen and oxygen atoms in total. The standard InChI is InChI=1S/C31H33ClN6O5S/c1-2-43-26-17-20(5-9-25(26)32)28(36-22-6-8-24-19(15-22)11-12-34-29(24)33)30(39)35-18-21-16-23(7-10-27(21)44(41)42)37-31(40)38-13-3-4-14-38/h5-12,15-17,28,36H,2-4,13-14,18H2,1H3,(H2,33,34)(H,35,39)(H,37,40)(H,41,42)/p-1. The second-order valence-corrected chi connectivity index (χ2v) is 11.5. The number of hydrogen-bond donors (Lipinski definition) is 4. The van der Waals surface area contributed by atoms with Crippen LogP contribution in [0.1, 0.15) is 36.9 Å². The Balaban J connectivity index is 1.41. The van der Waals surface area contributed by atoms with Crippen LogP contribution >= 0.6 is 11.6 Å². The minimum Gasteiger partial charge on any atom is -0.768 e. The van der Waals surface area contributed by atoms with Gasteiger partial charge in [-0.05, 0) is 102 Å². The number of rotatable bonds is 10. The Bertz CT molecular complexity index is 1710. The lowest BCUT2D eigenvalue weighted by Crippen LogP contribution is -2.34. The highest BCUT2D eigenvalue weighted by Gasteiger charge is 2.23. The number of carbonyl (C=O) groups excluding carboxylic acids is 2. The van der Waals surface area contributed by atoms with E-state index in [4.69, 9.17) is 22.1 Å². The van der Waals surface area contributed by atoms with Crippen molar-refractivity contribution in [2.75, 3.05) is 36.1 Å². The smallest absolute Gasteiger partial charge is 0.321 e. The van der Waals surface area contributed by atoms with Gasteiger partial charge in [0.05, 0.1) is 11.6 Å². The molecule has 3 aromatic carbocycles. The predicted octanol–water partition coefficient (Wildman–Crippen LogP) is 5.20. The van der Waals surface area contributed by atoms with Crippen LogP contribution in [0.25, 0.3) is 10.8 Å². The van der Waals surface area contributed by atoms with E-state index in [2.05, 4.69) is 20.9 Å². The van der Waals surface area contributed by atoms with Crippen LogP contribution in [0.15, 0.2) is 71.8 Å². The first-order chi connectivity index (χ1) is 21.2. The number of carbonyl (C=O) groups is 2. The summed E-state index contributed by atoms with van der Waals surface area (Å²) in [6.07, 6.45) is 3.49. The van der Waals surface area contributed by atoms with Gasteiger partial charge in [-0.15, -0.1) is 0 Å². The van der Waals surface area contributed by atoms with Gasteiger partial charge in [0.1, 0.15) is 17.6 Å². The lowest BCUT2D eigenvalue weighted by molar-refractivity contribution is -0.122. The maximum absolute atomic E-state index is 13.8. The number of aromatic nitrogens is 1. The fraction of sp³-hybridized carbons (Fsp3) is 0.258. The fourth-order valence-corrected chi connectivity index (χ4v) is 5.79. The molecule has 1 saturated heterocycles. The molecular formula is C31H32ClN6O5S-. The van der Waals surface area contributed by atoms with E-state index >= 15 is 0 Å². The van der Waals surface area contributed by atoms with Gasteiger partial charge in [0, 0.05) is 47.5 Å². The predicted molar refractivity (Wildman–Crippen MR) is 170 cm³/mol. The van der Waals surface area contributed by atoms with Crippen LogP contribution in [0.3, 0.4) is 0 Å². The number of halogens is 1. The third kappa shape index (κ3) is 7.21. The molecule has 5 N–H and O–H groups in total. The van der Waals surface area contributed by atoms with E-state index in [1.54, 1.807) is 41.4 Å². The Morgan fingerprint density at radius 1 is 1.09 bits per heavy atom. The maximum atomic E-state index is 13.8. The molecule has 0 aliphatic carbocycles. The number of amides is 3. The number of ether oxygens (including phenoxy) is 1. The Morgan fingerprint density at radius 2 is 1.86 bits per heavy atom. The molecule has 1 aliphatic rings. The Hall–Kier alpha value is -4.39. The minimum absolute atomic E-state index is 0.0137. The molecule has 0 radical (unpaired) electrons. The van der Waals surface area contributed by atoms with Crippen molar-refractivity contribution in [3.05, 3.63) is 83.0 Å². The summed E-state index contributed by atoms with van der Waals surface area (Å²) in [7, 11) is 0. The molecule has 2 heterocycles.